The molecule has 138 valence electrons. The van der Waals surface area contributed by atoms with Gasteiger partial charge in [-0.2, -0.15) is 0 Å². The van der Waals surface area contributed by atoms with E-state index in [1.807, 2.05) is 38.1 Å². The van der Waals surface area contributed by atoms with Crippen molar-refractivity contribution in [3.8, 4) is 11.5 Å². The molecule has 6 nitrogen and oxygen atoms in total. The molecule has 0 aliphatic heterocycles. The zero-order chi connectivity index (χ0) is 18.9. The summed E-state index contributed by atoms with van der Waals surface area (Å²) in [6, 6.07) is 14.2. The Morgan fingerprint density at radius 1 is 0.923 bits per heavy atom. The minimum atomic E-state index is -0.447. The lowest BCUT2D eigenvalue weighted by Crippen LogP contribution is -2.43. The van der Waals surface area contributed by atoms with Gasteiger partial charge in [-0.25, -0.2) is 0 Å². The highest BCUT2D eigenvalue weighted by Crippen LogP contribution is 2.14. The lowest BCUT2D eigenvalue weighted by atomic mass is 10.2. The number of ether oxygens (including phenoxy) is 2. The van der Waals surface area contributed by atoms with Crippen LogP contribution in [0.5, 0.6) is 11.5 Å². The van der Waals surface area contributed by atoms with Crippen LogP contribution in [-0.4, -0.2) is 24.5 Å². The first-order valence-electron chi connectivity index (χ1n) is 8.55. The van der Waals surface area contributed by atoms with Gasteiger partial charge in [0, 0.05) is 5.56 Å². The second kappa shape index (κ2) is 9.46. The Balaban J connectivity index is 1.76. The standard InChI is InChI=1S/C20H24N2O4/c1-4-15-5-9-17(10-6-15)25-13-19(23)21-22-20(24)16-7-11-18(12-8-16)26-14(2)3/h5-12,14H,4,13H2,1-3H3,(H,21,23)(H,22,24). The van der Waals surface area contributed by atoms with E-state index in [2.05, 4.69) is 17.8 Å². The predicted molar refractivity (Wildman–Crippen MR) is 99.1 cm³/mol. The van der Waals surface area contributed by atoms with E-state index in [9.17, 15) is 9.59 Å². The maximum atomic E-state index is 12.0. The third-order valence-corrected chi connectivity index (χ3v) is 3.51. The lowest BCUT2D eigenvalue weighted by molar-refractivity contribution is -0.123. The molecule has 0 saturated carbocycles. The quantitative estimate of drug-likeness (QED) is 0.748. The minimum Gasteiger partial charge on any atom is -0.491 e. The van der Waals surface area contributed by atoms with Crippen molar-refractivity contribution in [2.45, 2.75) is 33.3 Å². The van der Waals surface area contributed by atoms with Crippen LogP contribution in [-0.2, 0) is 11.2 Å². The highest BCUT2D eigenvalue weighted by Gasteiger charge is 2.08. The van der Waals surface area contributed by atoms with Gasteiger partial charge < -0.3 is 9.47 Å². The molecule has 0 aliphatic carbocycles. The van der Waals surface area contributed by atoms with Crippen LogP contribution in [0.3, 0.4) is 0 Å². The van der Waals surface area contributed by atoms with Crippen LogP contribution in [0.25, 0.3) is 0 Å². The monoisotopic (exact) mass is 356 g/mol. The zero-order valence-corrected chi connectivity index (χ0v) is 15.2. The Labute approximate surface area is 153 Å². The molecule has 0 bridgehead atoms. The molecule has 26 heavy (non-hydrogen) atoms. The van der Waals surface area contributed by atoms with Crippen molar-refractivity contribution in [2.24, 2.45) is 0 Å². The fraction of sp³-hybridized carbons (Fsp3) is 0.300. The Morgan fingerprint density at radius 2 is 1.54 bits per heavy atom. The topological polar surface area (TPSA) is 76.7 Å². The van der Waals surface area contributed by atoms with Gasteiger partial charge in [-0.1, -0.05) is 19.1 Å². The molecule has 0 aromatic heterocycles. The summed E-state index contributed by atoms with van der Waals surface area (Å²) in [5.74, 6) is 0.423. The number of benzene rings is 2. The van der Waals surface area contributed by atoms with Crippen LogP contribution in [0.4, 0.5) is 0 Å². The molecule has 0 saturated heterocycles. The molecule has 0 fully saturated rings. The van der Waals surface area contributed by atoms with Gasteiger partial charge in [0.15, 0.2) is 6.61 Å². The van der Waals surface area contributed by atoms with Crippen LogP contribution in [0.2, 0.25) is 0 Å². The van der Waals surface area contributed by atoms with Crippen LogP contribution in [0.15, 0.2) is 48.5 Å². The highest BCUT2D eigenvalue weighted by molar-refractivity contribution is 5.95. The summed E-state index contributed by atoms with van der Waals surface area (Å²) in [5.41, 5.74) is 6.29. The van der Waals surface area contributed by atoms with Gasteiger partial charge in [-0.15, -0.1) is 0 Å². The fourth-order valence-electron chi connectivity index (χ4n) is 2.16. The molecule has 2 aromatic carbocycles. The predicted octanol–water partition coefficient (Wildman–Crippen LogP) is 2.88. The van der Waals surface area contributed by atoms with Crippen molar-refractivity contribution >= 4 is 11.8 Å². The van der Waals surface area contributed by atoms with Gasteiger partial charge in [-0.05, 0) is 62.2 Å². The Hall–Kier alpha value is -3.02. The number of hydrogen-bond donors (Lipinski definition) is 2. The molecule has 0 aliphatic rings. The maximum Gasteiger partial charge on any atom is 0.276 e. The van der Waals surface area contributed by atoms with E-state index < -0.39 is 11.8 Å². The molecule has 2 aromatic rings. The van der Waals surface area contributed by atoms with Crippen LogP contribution < -0.4 is 20.3 Å². The normalized spacial score (nSPS) is 10.3. The van der Waals surface area contributed by atoms with Gasteiger partial charge in [-0.3, -0.25) is 20.4 Å². The summed E-state index contributed by atoms with van der Waals surface area (Å²) in [6.07, 6.45) is 1.00. The highest BCUT2D eigenvalue weighted by atomic mass is 16.5. The third-order valence-electron chi connectivity index (χ3n) is 3.51. The third kappa shape index (κ3) is 6.12. The maximum absolute atomic E-state index is 12.0. The average molecular weight is 356 g/mol. The van der Waals surface area contributed by atoms with Crippen molar-refractivity contribution in [3.63, 3.8) is 0 Å². The zero-order valence-electron chi connectivity index (χ0n) is 15.2. The largest absolute Gasteiger partial charge is 0.491 e. The Bertz CT molecular complexity index is 724. The average Bonchev–Trinajstić information content (AvgIpc) is 2.65. The van der Waals surface area contributed by atoms with Gasteiger partial charge >= 0.3 is 0 Å². The van der Waals surface area contributed by atoms with Gasteiger partial charge in [0.25, 0.3) is 11.8 Å². The summed E-state index contributed by atoms with van der Waals surface area (Å²) in [7, 11) is 0. The molecule has 2 N–H and O–H groups in total. The second-order valence-electron chi connectivity index (χ2n) is 5.98. The van der Waals surface area contributed by atoms with Crippen molar-refractivity contribution in [1.82, 2.24) is 10.9 Å². The van der Waals surface area contributed by atoms with Gasteiger partial charge in [0.2, 0.25) is 0 Å². The molecule has 0 unspecified atom stereocenters. The van der Waals surface area contributed by atoms with E-state index in [1.54, 1.807) is 24.3 Å². The van der Waals surface area contributed by atoms with E-state index in [-0.39, 0.29) is 12.7 Å². The van der Waals surface area contributed by atoms with E-state index >= 15 is 0 Å². The number of aryl methyl sites for hydroxylation is 1. The smallest absolute Gasteiger partial charge is 0.276 e. The molecular weight excluding hydrogens is 332 g/mol. The number of hydrazine groups is 1. The van der Waals surface area contributed by atoms with E-state index in [4.69, 9.17) is 9.47 Å². The number of hydrogen-bond acceptors (Lipinski definition) is 4. The first-order valence-corrected chi connectivity index (χ1v) is 8.55. The van der Waals surface area contributed by atoms with Crippen molar-refractivity contribution in [1.29, 1.82) is 0 Å². The van der Waals surface area contributed by atoms with Crippen molar-refractivity contribution in [2.75, 3.05) is 6.61 Å². The lowest BCUT2D eigenvalue weighted by Gasteiger charge is -2.11. The molecule has 0 heterocycles. The number of rotatable bonds is 7. The van der Waals surface area contributed by atoms with Gasteiger partial charge in [0.1, 0.15) is 11.5 Å². The molecular formula is C20H24N2O4. The molecule has 0 radical (unpaired) electrons. The first-order chi connectivity index (χ1) is 12.5. The number of amides is 2. The van der Waals surface area contributed by atoms with Crippen LogP contribution in [0.1, 0.15) is 36.7 Å². The SMILES string of the molecule is CCc1ccc(OCC(=O)NNC(=O)c2ccc(OC(C)C)cc2)cc1. The van der Waals surface area contributed by atoms with Gasteiger partial charge in [0.05, 0.1) is 6.10 Å². The number of carbonyl (C=O) groups excluding carboxylic acids is 2. The summed E-state index contributed by atoms with van der Waals surface area (Å²) in [5, 5.41) is 0. The van der Waals surface area contributed by atoms with Crippen molar-refractivity contribution in [3.05, 3.63) is 59.7 Å². The number of carbonyl (C=O) groups is 2. The minimum absolute atomic E-state index is 0.0622. The molecule has 6 heteroatoms. The summed E-state index contributed by atoms with van der Waals surface area (Å²) in [4.78, 5) is 23.8. The summed E-state index contributed by atoms with van der Waals surface area (Å²) in [6.45, 7) is 5.73. The molecule has 0 atom stereocenters. The number of nitrogens with one attached hydrogen (secondary N) is 2. The second-order valence-corrected chi connectivity index (χ2v) is 5.98. The first kappa shape index (κ1) is 19.3. The fourth-order valence-corrected chi connectivity index (χ4v) is 2.16. The molecule has 2 rings (SSSR count). The van der Waals surface area contributed by atoms with E-state index in [1.165, 1.54) is 5.56 Å². The summed E-state index contributed by atoms with van der Waals surface area (Å²) >= 11 is 0. The van der Waals surface area contributed by atoms with E-state index in [0.29, 0.717) is 17.1 Å². The Morgan fingerprint density at radius 3 is 2.12 bits per heavy atom. The van der Waals surface area contributed by atoms with Crippen molar-refractivity contribution < 1.29 is 19.1 Å². The Kier molecular flexibility index (Phi) is 7.02. The van der Waals surface area contributed by atoms with Crippen LogP contribution in [0, 0.1) is 0 Å². The van der Waals surface area contributed by atoms with Crippen LogP contribution >= 0.6 is 0 Å². The molecule has 0 spiro atoms. The molecule has 2 amide bonds. The van der Waals surface area contributed by atoms with E-state index in [0.717, 1.165) is 6.42 Å². The summed E-state index contributed by atoms with van der Waals surface area (Å²) < 4.78 is 10.9.